The van der Waals surface area contributed by atoms with Crippen LogP contribution in [0.5, 0.6) is 0 Å². The second-order valence-electron chi connectivity index (χ2n) is 8.88. The summed E-state index contributed by atoms with van der Waals surface area (Å²) in [5.41, 5.74) is 4.29. The van der Waals surface area contributed by atoms with Crippen LogP contribution in [-0.4, -0.2) is 66.9 Å². The lowest BCUT2D eigenvalue weighted by atomic mass is 9.85. The number of carbonyl (C=O) groups excluding carboxylic acids is 3. The van der Waals surface area contributed by atoms with E-state index in [1.807, 2.05) is 0 Å². The Morgan fingerprint density at radius 2 is 1.70 bits per heavy atom. The molecule has 2 rings (SSSR count). The van der Waals surface area contributed by atoms with Gasteiger partial charge >= 0.3 is 17.1 Å². The van der Waals surface area contributed by atoms with Crippen LogP contribution in [-0.2, 0) is 19.6 Å². The molecule has 0 radical (unpaired) electrons. The summed E-state index contributed by atoms with van der Waals surface area (Å²) in [6, 6.07) is -0.148. The molecule has 1 spiro atoms. The van der Waals surface area contributed by atoms with Crippen molar-refractivity contribution in [2.24, 2.45) is 0 Å². The van der Waals surface area contributed by atoms with Crippen LogP contribution >= 0.6 is 0 Å². The highest BCUT2D eigenvalue weighted by Gasteiger charge is 2.54. The summed E-state index contributed by atoms with van der Waals surface area (Å²) >= 11 is 0. The average molecular weight is 490 g/mol. The fraction of sp³-hybridized carbons (Fsp3) is 0.857. The first-order valence-corrected chi connectivity index (χ1v) is 13.5. The Morgan fingerprint density at radius 1 is 1.06 bits per heavy atom. The lowest BCUT2D eigenvalue weighted by Crippen LogP contribution is -2.58. The summed E-state index contributed by atoms with van der Waals surface area (Å²) in [6.45, 7) is 2.70. The Hall–Kier alpha value is -1.76. The van der Waals surface area contributed by atoms with Gasteiger partial charge in [0.1, 0.15) is 5.66 Å². The molecule has 1 saturated carbocycles. The molecule has 1 heterocycles. The predicted octanol–water partition coefficient (Wildman–Crippen LogP) is 0.850. The van der Waals surface area contributed by atoms with Crippen molar-refractivity contribution in [1.82, 2.24) is 25.8 Å². The number of carbonyl (C=O) groups is 3. The minimum absolute atomic E-state index is 0.0772. The van der Waals surface area contributed by atoms with Gasteiger partial charge in [-0.3, -0.25) is 19.8 Å². The van der Waals surface area contributed by atoms with Crippen molar-refractivity contribution in [3.63, 3.8) is 0 Å². The maximum Gasteiger partial charge on any atom is 0.355 e. The molecule has 33 heavy (non-hydrogen) atoms. The van der Waals surface area contributed by atoms with Gasteiger partial charge in [0.25, 0.3) is 10.0 Å². The van der Waals surface area contributed by atoms with E-state index in [0.29, 0.717) is 38.6 Å². The Kier molecular flexibility index (Phi) is 11.0. The fourth-order valence-electron chi connectivity index (χ4n) is 4.40. The van der Waals surface area contributed by atoms with Crippen molar-refractivity contribution in [3.8, 4) is 0 Å². The molecule has 1 aliphatic heterocycles. The molecule has 1 saturated heterocycles. The number of aliphatic hydroxyl groups is 1. The Labute approximate surface area is 196 Å². The first-order chi connectivity index (χ1) is 15.8. The number of nitrogens with one attached hydrogen (secondary N) is 4. The van der Waals surface area contributed by atoms with Crippen LogP contribution in [0.25, 0.3) is 0 Å². The van der Waals surface area contributed by atoms with E-state index in [0.717, 1.165) is 25.7 Å². The van der Waals surface area contributed by atoms with E-state index in [-0.39, 0.29) is 19.2 Å². The zero-order chi connectivity index (χ0) is 24.3. The summed E-state index contributed by atoms with van der Waals surface area (Å²) in [7, 11) is -4.03. The Morgan fingerprint density at radius 3 is 2.33 bits per heavy atom. The number of amides is 3. The zero-order valence-corrected chi connectivity index (χ0v) is 20.3. The third-order valence-electron chi connectivity index (χ3n) is 6.31. The molecule has 0 atom stereocenters. The van der Waals surface area contributed by atoms with Crippen LogP contribution < -0.4 is 20.9 Å². The van der Waals surface area contributed by atoms with Crippen molar-refractivity contribution in [3.05, 3.63) is 0 Å². The van der Waals surface area contributed by atoms with E-state index in [9.17, 15) is 22.8 Å². The molecule has 190 valence electrons. The van der Waals surface area contributed by atoms with Crippen molar-refractivity contribution < 1.29 is 27.9 Å². The number of hydrogen-bond donors (Lipinski definition) is 5. The number of hydrazine groups is 1. The SMILES string of the molecule is CCCCCCCCCN1C(=O)S(=O)(=O)NC12CCC(NNC(=O)C(=O)NCCCO)CC2. The molecule has 0 unspecified atom stereocenters. The van der Waals surface area contributed by atoms with Crippen molar-refractivity contribution in [1.29, 1.82) is 0 Å². The molecule has 11 nitrogen and oxygen atoms in total. The number of rotatable bonds is 13. The maximum absolute atomic E-state index is 12.5. The molecule has 12 heteroatoms. The first-order valence-electron chi connectivity index (χ1n) is 12.1. The zero-order valence-electron chi connectivity index (χ0n) is 19.5. The number of unbranched alkanes of at least 4 members (excludes halogenated alkanes) is 6. The summed E-state index contributed by atoms with van der Waals surface area (Å²) in [6.07, 6.45) is 9.82. The van der Waals surface area contributed by atoms with Crippen LogP contribution in [0.4, 0.5) is 4.79 Å². The predicted molar refractivity (Wildman–Crippen MR) is 123 cm³/mol. The minimum atomic E-state index is -4.03. The number of hydrogen-bond acceptors (Lipinski definition) is 7. The second kappa shape index (κ2) is 13.2. The molecule has 0 aromatic heterocycles. The van der Waals surface area contributed by atoms with Gasteiger partial charge in [0.2, 0.25) is 0 Å². The van der Waals surface area contributed by atoms with E-state index in [4.69, 9.17) is 5.11 Å². The topological polar surface area (TPSA) is 157 Å². The van der Waals surface area contributed by atoms with Crippen molar-refractivity contribution in [2.45, 2.75) is 95.7 Å². The maximum atomic E-state index is 12.5. The smallest absolute Gasteiger partial charge is 0.355 e. The average Bonchev–Trinajstić information content (AvgIpc) is 2.97. The molecular weight excluding hydrogens is 450 g/mol. The second-order valence-corrected chi connectivity index (χ2v) is 10.4. The quantitative estimate of drug-likeness (QED) is 0.146. The van der Waals surface area contributed by atoms with Gasteiger partial charge in [0, 0.05) is 25.7 Å². The van der Waals surface area contributed by atoms with Crippen LogP contribution in [0.2, 0.25) is 0 Å². The Balaban J connectivity index is 1.81. The molecule has 3 amide bonds. The summed E-state index contributed by atoms with van der Waals surface area (Å²) in [4.78, 5) is 37.5. The van der Waals surface area contributed by atoms with Gasteiger partial charge in [-0.2, -0.15) is 4.72 Å². The van der Waals surface area contributed by atoms with E-state index < -0.39 is 32.7 Å². The van der Waals surface area contributed by atoms with Crippen LogP contribution in [0.15, 0.2) is 0 Å². The normalized spacial score (nSPS) is 24.2. The van der Waals surface area contributed by atoms with Crippen LogP contribution in [0.3, 0.4) is 0 Å². The highest BCUT2D eigenvalue weighted by Crippen LogP contribution is 2.37. The van der Waals surface area contributed by atoms with Gasteiger partial charge in [0.05, 0.1) is 0 Å². The highest BCUT2D eigenvalue weighted by molar-refractivity contribution is 8.04. The van der Waals surface area contributed by atoms with Crippen LogP contribution in [0, 0.1) is 0 Å². The lowest BCUT2D eigenvalue weighted by molar-refractivity contribution is -0.140. The van der Waals surface area contributed by atoms with Crippen LogP contribution in [0.1, 0.15) is 84.0 Å². The van der Waals surface area contributed by atoms with Crippen molar-refractivity contribution in [2.75, 3.05) is 19.7 Å². The van der Waals surface area contributed by atoms with Gasteiger partial charge in [0.15, 0.2) is 0 Å². The van der Waals surface area contributed by atoms with Gasteiger partial charge in [-0.25, -0.2) is 13.8 Å². The fourth-order valence-corrected chi connectivity index (χ4v) is 5.86. The minimum Gasteiger partial charge on any atom is -0.396 e. The number of sulfonamides is 1. The van der Waals surface area contributed by atoms with Gasteiger partial charge in [-0.1, -0.05) is 45.4 Å². The molecule has 0 aromatic rings. The third kappa shape index (κ3) is 7.90. The largest absolute Gasteiger partial charge is 0.396 e. The van der Waals surface area contributed by atoms with E-state index in [1.165, 1.54) is 24.2 Å². The molecule has 5 N–H and O–H groups in total. The monoisotopic (exact) mass is 489 g/mol. The number of nitrogens with zero attached hydrogens (tertiary/aromatic N) is 1. The van der Waals surface area contributed by atoms with Gasteiger partial charge < -0.3 is 15.3 Å². The molecule has 0 bridgehead atoms. The lowest BCUT2D eigenvalue weighted by Gasteiger charge is -2.42. The van der Waals surface area contributed by atoms with E-state index >= 15 is 0 Å². The van der Waals surface area contributed by atoms with Gasteiger partial charge in [-0.15, -0.1) is 0 Å². The first kappa shape index (κ1) is 27.5. The molecular formula is C21H39N5O6S. The summed E-state index contributed by atoms with van der Waals surface area (Å²) in [5.74, 6) is -1.62. The van der Waals surface area contributed by atoms with Crippen molar-refractivity contribution >= 4 is 27.1 Å². The molecule has 2 fully saturated rings. The standard InChI is InChI=1S/C21H39N5O6S/c1-2-3-4-5-6-7-8-15-26-20(30)33(31,32)25-21(26)12-10-17(11-13-21)23-24-19(29)18(28)22-14-9-16-27/h17,23,25,27H,2-16H2,1H3,(H,22,28)(H,24,29). The van der Waals surface area contributed by atoms with Gasteiger partial charge in [-0.05, 0) is 38.5 Å². The molecule has 2 aliphatic rings. The Bertz CT molecular complexity index is 767. The van der Waals surface area contributed by atoms with E-state index in [2.05, 4.69) is 27.8 Å². The molecule has 1 aliphatic carbocycles. The third-order valence-corrected chi connectivity index (χ3v) is 7.63. The van der Waals surface area contributed by atoms with E-state index in [1.54, 1.807) is 0 Å². The molecule has 0 aromatic carbocycles. The number of aliphatic hydroxyl groups excluding tert-OH is 1. The summed E-state index contributed by atoms with van der Waals surface area (Å²) in [5, 5.41) is 10.3. The summed E-state index contributed by atoms with van der Waals surface area (Å²) < 4.78 is 27.2. The highest BCUT2D eigenvalue weighted by atomic mass is 32.2.